The standard InChI is InChI=1S/C28H32N2O2/c1-27-16-24(18-3-6-20(7-4-18)30-14-13-29-17-30)26-22-10-8-21(31)15-19(22)5-9-23(26)25(27)11-12-28(27,2)32/h3-4,6-7,13-15,17,23-25,32H,5,8-12,16H2,1-2H3/t23?,24-,25?,27+,28+/m1/s1. The Morgan fingerprint density at radius 1 is 1.09 bits per heavy atom. The fourth-order valence-corrected chi connectivity index (χ4v) is 7.47. The van der Waals surface area contributed by atoms with Gasteiger partial charge in [-0.05, 0) is 92.2 Å². The van der Waals surface area contributed by atoms with Crippen LogP contribution in [-0.4, -0.2) is 26.0 Å². The second-order valence-electron chi connectivity index (χ2n) is 10.9. The van der Waals surface area contributed by atoms with Gasteiger partial charge in [-0.3, -0.25) is 4.79 Å². The highest BCUT2D eigenvalue weighted by Crippen LogP contribution is 2.66. The Balaban J connectivity index is 1.48. The van der Waals surface area contributed by atoms with Gasteiger partial charge >= 0.3 is 0 Å². The molecule has 1 heterocycles. The van der Waals surface area contributed by atoms with Gasteiger partial charge in [0.15, 0.2) is 5.78 Å². The molecule has 0 spiro atoms. The maximum Gasteiger partial charge on any atom is 0.156 e. The molecule has 5 atom stereocenters. The molecule has 1 aromatic carbocycles. The summed E-state index contributed by atoms with van der Waals surface area (Å²) in [5.74, 6) is 1.63. The first-order chi connectivity index (χ1) is 15.4. The van der Waals surface area contributed by atoms with E-state index in [4.69, 9.17) is 0 Å². The molecule has 0 aliphatic heterocycles. The van der Waals surface area contributed by atoms with Gasteiger partial charge in [0.1, 0.15) is 0 Å². The Morgan fingerprint density at radius 2 is 1.91 bits per heavy atom. The van der Waals surface area contributed by atoms with E-state index < -0.39 is 5.60 Å². The van der Waals surface area contributed by atoms with Crippen LogP contribution >= 0.6 is 0 Å². The normalized spacial score (nSPS) is 36.4. The van der Waals surface area contributed by atoms with Gasteiger partial charge < -0.3 is 9.67 Å². The van der Waals surface area contributed by atoms with Crippen LogP contribution < -0.4 is 0 Å². The molecule has 2 fully saturated rings. The summed E-state index contributed by atoms with van der Waals surface area (Å²) < 4.78 is 2.03. The number of carbonyl (C=O) groups is 1. The molecule has 0 bridgehead atoms. The van der Waals surface area contributed by atoms with Gasteiger partial charge in [0.2, 0.25) is 0 Å². The molecule has 32 heavy (non-hydrogen) atoms. The predicted octanol–water partition coefficient (Wildman–Crippen LogP) is 5.52. The first-order valence-corrected chi connectivity index (χ1v) is 12.1. The van der Waals surface area contributed by atoms with Crippen molar-refractivity contribution in [1.29, 1.82) is 0 Å². The van der Waals surface area contributed by atoms with Crippen molar-refractivity contribution in [2.24, 2.45) is 17.3 Å². The quantitative estimate of drug-likeness (QED) is 0.685. The maximum atomic E-state index is 12.2. The minimum absolute atomic E-state index is 0.0822. The third kappa shape index (κ3) is 2.85. The first-order valence-electron chi connectivity index (χ1n) is 12.1. The van der Waals surface area contributed by atoms with Crippen molar-refractivity contribution in [3.63, 3.8) is 0 Å². The van der Waals surface area contributed by atoms with E-state index in [1.807, 2.05) is 23.2 Å². The van der Waals surface area contributed by atoms with E-state index in [0.717, 1.165) is 44.2 Å². The lowest BCUT2D eigenvalue weighted by Gasteiger charge is -2.54. The summed E-state index contributed by atoms with van der Waals surface area (Å²) in [6, 6.07) is 8.90. The summed E-state index contributed by atoms with van der Waals surface area (Å²) >= 11 is 0. The van der Waals surface area contributed by atoms with Crippen molar-refractivity contribution >= 4 is 5.78 Å². The van der Waals surface area contributed by atoms with Crippen LogP contribution in [0.15, 0.2) is 65.8 Å². The molecule has 4 aliphatic rings. The largest absolute Gasteiger partial charge is 0.390 e. The van der Waals surface area contributed by atoms with Crippen LogP contribution in [0.25, 0.3) is 5.69 Å². The molecule has 0 amide bonds. The van der Waals surface area contributed by atoms with Crippen LogP contribution in [0.1, 0.15) is 70.3 Å². The number of imidazole rings is 1. The van der Waals surface area contributed by atoms with E-state index in [1.165, 1.54) is 16.7 Å². The number of carbonyl (C=O) groups excluding carboxylic acids is 1. The van der Waals surface area contributed by atoms with Crippen molar-refractivity contribution in [3.05, 3.63) is 71.3 Å². The van der Waals surface area contributed by atoms with Crippen molar-refractivity contribution in [1.82, 2.24) is 9.55 Å². The number of aliphatic hydroxyl groups is 1. The van der Waals surface area contributed by atoms with Crippen molar-refractivity contribution in [2.45, 2.75) is 70.3 Å². The molecule has 4 heteroatoms. The summed E-state index contributed by atoms with van der Waals surface area (Å²) in [6.07, 6.45) is 14.1. The van der Waals surface area contributed by atoms with E-state index >= 15 is 0 Å². The van der Waals surface area contributed by atoms with Gasteiger partial charge in [-0.25, -0.2) is 4.98 Å². The summed E-state index contributed by atoms with van der Waals surface area (Å²) in [6.45, 7) is 4.41. The number of fused-ring (bicyclic) bond motifs is 4. The van der Waals surface area contributed by atoms with E-state index in [1.54, 1.807) is 11.8 Å². The van der Waals surface area contributed by atoms with Crippen LogP contribution in [0.2, 0.25) is 0 Å². The number of rotatable bonds is 2. The molecule has 166 valence electrons. The number of ketones is 1. The fraction of sp³-hybridized carbons (Fsp3) is 0.500. The minimum atomic E-state index is -0.624. The predicted molar refractivity (Wildman–Crippen MR) is 124 cm³/mol. The molecule has 2 aromatic rings. The smallest absolute Gasteiger partial charge is 0.156 e. The summed E-state index contributed by atoms with van der Waals surface area (Å²) in [5.41, 5.74) is 6.09. The zero-order valence-corrected chi connectivity index (χ0v) is 19.1. The van der Waals surface area contributed by atoms with E-state index in [-0.39, 0.29) is 11.2 Å². The maximum absolute atomic E-state index is 12.2. The van der Waals surface area contributed by atoms with Crippen LogP contribution in [0.4, 0.5) is 0 Å². The lowest BCUT2D eigenvalue weighted by Crippen LogP contribution is -2.50. The minimum Gasteiger partial charge on any atom is -0.390 e. The van der Waals surface area contributed by atoms with Gasteiger partial charge in [-0.2, -0.15) is 0 Å². The highest BCUT2D eigenvalue weighted by atomic mass is 16.3. The van der Waals surface area contributed by atoms with Crippen LogP contribution in [0.5, 0.6) is 0 Å². The molecule has 1 N–H and O–H groups in total. The lowest BCUT2D eigenvalue weighted by atomic mass is 9.51. The number of aromatic nitrogens is 2. The molecule has 2 saturated carbocycles. The third-order valence-electron chi connectivity index (χ3n) is 9.40. The molecule has 6 rings (SSSR count). The molecule has 4 nitrogen and oxygen atoms in total. The van der Waals surface area contributed by atoms with Gasteiger partial charge in [0, 0.05) is 35.8 Å². The topological polar surface area (TPSA) is 55.1 Å². The van der Waals surface area contributed by atoms with E-state index in [9.17, 15) is 9.90 Å². The van der Waals surface area contributed by atoms with Gasteiger partial charge in [-0.1, -0.05) is 24.6 Å². The van der Waals surface area contributed by atoms with Gasteiger partial charge in [0.25, 0.3) is 0 Å². The van der Waals surface area contributed by atoms with Crippen LogP contribution in [-0.2, 0) is 4.79 Å². The molecular formula is C28H32N2O2. The first kappa shape index (κ1) is 20.2. The fourth-order valence-electron chi connectivity index (χ4n) is 7.47. The third-order valence-corrected chi connectivity index (χ3v) is 9.40. The molecule has 1 aromatic heterocycles. The second kappa shape index (κ2) is 7.02. The number of allylic oxidation sites excluding steroid dienone is 4. The highest BCUT2D eigenvalue weighted by molar-refractivity contribution is 5.93. The summed E-state index contributed by atoms with van der Waals surface area (Å²) in [7, 11) is 0. The zero-order valence-electron chi connectivity index (χ0n) is 19.1. The number of hydrogen-bond acceptors (Lipinski definition) is 3. The SMILES string of the molecule is C[C@]1(O)CCC2C3CCC4=CC(=O)CCC4=C3[C@@H](c3ccc(-n4ccnc4)cc3)C[C@@]21C. The van der Waals surface area contributed by atoms with Crippen molar-refractivity contribution in [2.75, 3.05) is 0 Å². The molecule has 2 unspecified atom stereocenters. The molecular weight excluding hydrogens is 396 g/mol. The number of nitrogens with zero attached hydrogens (tertiary/aromatic N) is 2. The molecule has 0 radical (unpaired) electrons. The monoisotopic (exact) mass is 428 g/mol. The summed E-state index contributed by atoms with van der Waals surface area (Å²) in [4.78, 5) is 16.3. The van der Waals surface area contributed by atoms with Crippen molar-refractivity contribution in [3.8, 4) is 5.69 Å². The van der Waals surface area contributed by atoms with E-state index in [2.05, 4.69) is 43.1 Å². The van der Waals surface area contributed by atoms with Crippen molar-refractivity contribution < 1.29 is 9.90 Å². The Morgan fingerprint density at radius 3 is 2.66 bits per heavy atom. The van der Waals surface area contributed by atoms with E-state index in [0.29, 0.717) is 24.2 Å². The Labute approximate surface area is 190 Å². The average Bonchev–Trinajstić information content (AvgIpc) is 3.40. The highest BCUT2D eigenvalue weighted by Gasteiger charge is 2.60. The second-order valence-corrected chi connectivity index (χ2v) is 10.9. The van der Waals surface area contributed by atoms with Gasteiger partial charge in [-0.15, -0.1) is 0 Å². The zero-order chi connectivity index (χ0) is 22.1. The average molecular weight is 429 g/mol. The van der Waals surface area contributed by atoms with Crippen LogP contribution in [0.3, 0.4) is 0 Å². The molecule has 4 aliphatic carbocycles. The van der Waals surface area contributed by atoms with Crippen LogP contribution in [0, 0.1) is 17.3 Å². The Kier molecular flexibility index (Phi) is 4.42. The Bertz CT molecular complexity index is 1120. The number of hydrogen-bond donors (Lipinski definition) is 1. The Hall–Kier alpha value is -2.46. The molecule has 0 saturated heterocycles. The number of benzene rings is 1. The lowest BCUT2D eigenvalue weighted by molar-refractivity contribution is -0.114. The summed E-state index contributed by atoms with van der Waals surface area (Å²) in [5, 5.41) is 11.5. The van der Waals surface area contributed by atoms with Gasteiger partial charge in [0.05, 0.1) is 11.9 Å².